The van der Waals surface area contributed by atoms with E-state index in [1.54, 1.807) is 0 Å². The van der Waals surface area contributed by atoms with Crippen molar-refractivity contribution in [3.05, 3.63) is 0 Å². The Morgan fingerprint density at radius 2 is 0.762 bits per heavy atom. The zero-order valence-electron chi connectivity index (χ0n) is 28.8. The topological polar surface area (TPSA) is 69.6 Å². The molecule has 0 rings (SSSR count). The van der Waals surface area contributed by atoms with E-state index in [-0.39, 0.29) is 12.5 Å². The van der Waals surface area contributed by atoms with Crippen molar-refractivity contribution in [2.75, 3.05) is 6.61 Å². The summed E-state index contributed by atoms with van der Waals surface area (Å²) in [5.41, 5.74) is 0. The molecule has 4 heteroatoms. The van der Waals surface area contributed by atoms with Crippen molar-refractivity contribution in [3.8, 4) is 0 Å². The molecule has 2 atom stereocenters. The number of rotatable bonds is 35. The fourth-order valence-corrected chi connectivity index (χ4v) is 6.13. The summed E-state index contributed by atoms with van der Waals surface area (Å²) in [6, 6.07) is -0.527. The third-order valence-electron chi connectivity index (χ3n) is 9.12. The van der Waals surface area contributed by atoms with Gasteiger partial charge in [-0.05, 0) is 12.8 Å². The molecule has 0 aromatic heterocycles. The lowest BCUT2D eigenvalue weighted by molar-refractivity contribution is -0.123. The van der Waals surface area contributed by atoms with E-state index in [4.69, 9.17) is 0 Å². The second-order valence-electron chi connectivity index (χ2n) is 13.4. The Bertz CT molecular complexity index is 526. The van der Waals surface area contributed by atoms with Crippen LogP contribution in [0.2, 0.25) is 0 Å². The van der Waals surface area contributed by atoms with Crippen LogP contribution >= 0.6 is 0 Å². The summed E-state index contributed by atoms with van der Waals surface area (Å²) in [7, 11) is 0. The van der Waals surface area contributed by atoms with Crippen LogP contribution < -0.4 is 5.32 Å². The largest absolute Gasteiger partial charge is 0.394 e. The van der Waals surface area contributed by atoms with E-state index in [9.17, 15) is 15.0 Å². The van der Waals surface area contributed by atoms with Crippen LogP contribution in [0.15, 0.2) is 0 Å². The van der Waals surface area contributed by atoms with Crippen molar-refractivity contribution in [1.29, 1.82) is 0 Å². The molecule has 0 aromatic rings. The number of aliphatic hydroxyl groups is 2. The highest BCUT2D eigenvalue weighted by Crippen LogP contribution is 2.16. The molecule has 0 aromatic carbocycles. The maximum atomic E-state index is 12.3. The van der Waals surface area contributed by atoms with Gasteiger partial charge < -0.3 is 15.5 Å². The van der Waals surface area contributed by atoms with Crippen LogP contribution in [0.4, 0.5) is 0 Å². The number of hydrogen-bond acceptors (Lipinski definition) is 3. The molecule has 0 aliphatic heterocycles. The van der Waals surface area contributed by atoms with E-state index in [0.29, 0.717) is 12.8 Å². The van der Waals surface area contributed by atoms with Gasteiger partial charge in [0.15, 0.2) is 0 Å². The van der Waals surface area contributed by atoms with Crippen molar-refractivity contribution in [3.63, 3.8) is 0 Å². The van der Waals surface area contributed by atoms with Gasteiger partial charge in [-0.3, -0.25) is 4.79 Å². The van der Waals surface area contributed by atoms with Gasteiger partial charge in [-0.2, -0.15) is 0 Å². The average Bonchev–Trinajstić information content (AvgIpc) is 2.99. The SMILES string of the molecule is CCCCCCCCCCCCCCCCCCCCCC(=O)N[C@@H](CO)[C@H](O)CCCCCCCCCCCCC. The third-order valence-corrected chi connectivity index (χ3v) is 9.12. The van der Waals surface area contributed by atoms with Crippen LogP contribution in [0, 0.1) is 0 Å². The molecule has 0 unspecified atom stereocenters. The smallest absolute Gasteiger partial charge is 0.220 e. The van der Waals surface area contributed by atoms with Gasteiger partial charge in [-0.1, -0.05) is 200 Å². The van der Waals surface area contributed by atoms with E-state index >= 15 is 0 Å². The lowest BCUT2D eigenvalue weighted by Crippen LogP contribution is -2.45. The summed E-state index contributed by atoms with van der Waals surface area (Å²) in [5.74, 6) is -0.0287. The molecule has 0 radical (unpaired) electrons. The molecule has 42 heavy (non-hydrogen) atoms. The van der Waals surface area contributed by atoms with Crippen molar-refractivity contribution >= 4 is 5.91 Å². The molecule has 3 N–H and O–H groups in total. The number of aliphatic hydroxyl groups excluding tert-OH is 2. The summed E-state index contributed by atoms with van der Waals surface area (Å²) in [5, 5.41) is 23.0. The second kappa shape index (κ2) is 34.9. The highest BCUT2D eigenvalue weighted by atomic mass is 16.3. The Labute approximate surface area is 264 Å². The summed E-state index contributed by atoms with van der Waals surface area (Å²) < 4.78 is 0. The van der Waals surface area contributed by atoms with Crippen LogP contribution in [-0.2, 0) is 4.79 Å². The van der Waals surface area contributed by atoms with Gasteiger partial charge in [0.1, 0.15) is 0 Å². The monoisotopic (exact) mass is 596 g/mol. The van der Waals surface area contributed by atoms with Crippen LogP contribution in [0.25, 0.3) is 0 Å². The third kappa shape index (κ3) is 30.8. The van der Waals surface area contributed by atoms with Gasteiger partial charge in [0.05, 0.1) is 18.8 Å². The number of amides is 1. The van der Waals surface area contributed by atoms with Crippen molar-refractivity contribution in [2.45, 2.75) is 231 Å². The molecule has 0 fully saturated rings. The minimum Gasteiger partial charge on any atom is -0.394 e. The molecule has 4 nitrogen and oxygen atoms in total. The summed E-state index contributed by atoms with van der Waals surface area (Å²) in [6.45, 7) is 4.36. The molecule has 0 spiro atoms. The molecule has 0 heterocycles. The first-order chi connectivity index (χ1) is 20.7. The Kier molecular flexibility index (Phi) is 34.4. The predicted molar refractivity (Wildman–Crippen MR) is 184 cm³/mol. The normalized spacial score (nSPS) is 13.0. The summed E-state index contributed by atoms with van der Waals surface area (Å²) in [4.78, 5) is 12.3. The van der Waals surface area contributed by atoms with Crippen LogP contribution in [-0.4, -0.2) is 34.9 Å². The Hall–Kier alpha value is -0.610. The maximum Gasteiger partial charge on any atom is 0.220 e. The lowest BCUT2D eigenvalue weighted by atomic mass is 10.0. The Morgan fingerprint density at radius 3 is 1.07 bits per heavy atom. The first kappa shape index (κ1) is 41.4. The standard InChI is InChI=1S/C38H77NO3/c1-3-5-7-9-11-13-15-16-17-18-19-20-21-22-24-26-28-30-32-34-38(42)39-36(35-40)37(41)33-31-29-27-25-23-14-12-10-8-6-4-2/h36-37,40-41H,3-35H2,1-2H3,(H,39,42)/t36-,37+/m0/s1. The van der Waals surface area contributed by atoms with Gasteiger partial charge in [-0.25, -0.2) is 0 Å². The van der Waals surface area contributed by atoms with Crippen molar-refractivity contribution in [2.24, 2.45) is 0 Å². The molecule has 0 aliphatic rings. The van der Waals surface area contributed by atoms with Gasteiger partial charge in [0.25, 0.3) is 0 Å². The first-order valence-electron chi connectivity index (χ1n) is 19.2. The van der Waals surface area contributed by atoms with Gasteiger partial charge in [0, 0.05) is 6.42 Å². The number of carbonyl (C=O) groups excluding carboxylic acids is 1. The Balaban J connectivity index is 3.48. The first-order valence-corrected chi connectivity index (χ1v) is 19.2. The highest BCUT2D eigenvalue weighted by Gasteiger charge is 2.19. The molecule has 0 saturated carbocycles. The van der Waals surface area contributed by atoms with Crippen molar-refractivity contribution in [1.82, 2.24) is 5.32 Å². The fourth-order valence-electron chi connectivity index (χ4n) is 6.13. The molecule has 0 aliphatic carbocycles. The van der Waals surface area contributed by atoms with Crippen LogP contribution in [0.3, 0.4) is 0 Å². The molecular formula is C38H77NO3. The highest BCUT2D eigenvalue weighted by molar-refractivity contribution is 5.76. The van der Waals surface area contributed by atoms with E-state index < -0.39 is 12.1 Å². The van der Waals surface area contributed by atoms with E-state index in [2.05, 4.69) is 19.2 Å². The van der Waals surface area contributed by atoms with E-state index in [0.717, 1.165) is 25.7 Å². The molecule has 1 amide bonds. The molecule has 0 saturated heterocycles. The van der Waals surface area contributed by atoms with E-state index in [1.807, 2.05) is 0 Å². The minimum atomic E-state index is -0.650. The second-order valence-corrected chi connectivity index (χ2v) is 13.4. The van der Waals surface area contributed by atoms with Gasteiger partial charge in [0.2, 0.25) is 5.91 Å². The van der Waals surface area contributed by atoms with Gasteiger partial charge in [-0.15, -0.1) is 0 Å². The zero-order valence-corrected chi connectivity index (χ0v) is 28.8. The molecule has 252 valence electrons. The maximum absolute atomic E-state index is 12.3. The zero-order chi connectivity index (χ0) is 30.8. The van der Waals surface area contributed by atoms with Gasteiger partial charge >= 0.3 is 0 Å². The number of nitrogens with one attached hydrogen (secondary N) is 1. The summed E-state index contributed by atoms with van der Waals surface area (Å²) in [6.07, 6.45) is 40.2. The van der Waals surface area contributed by atoms with E-state index in [1.165, 1.54) is 167 Å². The number of carbonyl (C=O) groups is 1. The molecular weight excluding hydrogens is 518 g/mol. The molecule has 0 bridgehead atoms. The van der Waals surface area contributed by atoms with Crippen LogP contribution in [0.1, 0.15) is 219 Å². The average molecular weight is 596 g/mol. The van der Waals surface area contributed by atoms with Crippen LogP contribution in [0.5, 0.6) is 0 Å². The number of unbranched alkanes of at least 4 members (excludes halogenated alkanes) is 28. The van der Waals surface area contributed by atoms with Crippen molar-refractivity contribution < 1.29 is 15.0 Å². The lowest BCUT2D eigenvalue weighted by Gasteiger charge is -2.22. The predicted octanol–water partition coefficient (Wildman–Crippen LogP) is 11.3. The quantitative estimate of drug-likeness (QED) is 0.0638. The Morgan fingerprint density at radius 1 is 0.476 bits per heavy atom. The fraction of sp³-hybridized carbons (Fsp3) is 0.974. The minimum absolute atomic E-state index is 0.0287. The summed E-state index contributed by atoms with van der Waals surface area (Å²) >= 11 is 0. The number of hydrogen-bond donors (Lipinski definition) is 3.